The Labute approximate surface area is 207 Å². The van der Waals surface area contributed by atoms with Gasteiger partial charge in [0, 0.05) is 0 Å². The maximum atomic E-state index is 13.0. The number of rotatable bonds is 10. The monoisotopic (exact) mass is 528 g/mol. The van der Waals surface area contributed by atoms with Crippen molar-refractivity contribution in [1.82, 2.24) is 24.8 Å². The van der Waals surface area contributed by atoms with Crippen LogP contribution in [0.25, 0.3) is 11.2 Å². The number of esters is 1. The van der Waals surface area contributed by atoms with E-state index in [1.54, 1.807) is 32.3 Å². The Morgan fingerprint density at radius 2 is 2.00 bits per heavy atom. The predicted octanol–water partition coefficient (Wildman–Crippen LogP) is -0.00700. The van der Waals surface area contributed by atoms with E-state index in [0.29, 0.717) is 11.2 Å². The van der Waals surface area contributed by atoms with Crippen molar-refractivity contribution in [2.75, 3.05) is 31.0 Å². The van der Waals surface area contributed by atoms with Gasteiger partial charge in [0.1, 0.15) is 18.0 Å². The second kappa shape index (κ2) is 11.5. The molecule has 0 aliphatic carbocycles. The van der Waals surface area contributed by atoms with E-state index in [1.807, 2.05) is 0 Å². The highest BCUT2D eigenvalue weighted by Crippen LogP contribution is 2.51. The van der Waals surface area contributed by atoms with Gasteiger partial charge in [-0.15, -0.1) is 0 Å². The molecule has 1 fully saturated rings. The third kappa shape index (κ3) is 6.89. The number of ether oxygens (including phenoxy) is 2. The van der Waals surface area contributed by atoms with Gasteiger partial charge in [0.15, 0.2) is 17.5 Å². The van der Waals surface area contributed by atoms with Crippen molar-refractivity contribution >= 4 is 42.4 Å². The van der Waals surface area contributed by atoms with E-state index in [0.717, 1.165) is 0 Å². The zero-order valence-corrected chi connectivity index (χ0v) is 21.5. The molecule has 1 aliphatic heterocycles. The van der Waals surface area contributed by atoms with Crippen LogP contribution in [0.1, 0.15) is 27.7 Å². The van der Waals surface area contributed by atoms with Gasteiger partial charge in [-0.3, -0.25) is 9.36 Å². The van der Waals surface area contributed by atoms with Crippen molar-refractivity contribution in [3.05, 3.63) is 6.33 Å². The molecule has 1 aliphatic rings. The van der Waals surface area contributed by atoms with Gasteiger partial charge >= 0.3 is 13.6 Å². The van der Waals surface area contributed by atoms with Crippen molar-refractivity contribution in [2.45, 2.75) is 58.5 Å². The highest BCUT2D eigenvalue weighted by atomic mass is 31.2. The van der Waals surface area contributed by atoms with Gasteiger partial charge in [-0.05, 0) is 19.8 Å². The second-order valence-corrected chi connectivity index (χ2v) is 11.0. The minimum Gasteiger partial charge on any atom is -0.461 e. The van der Waals surface area contributed by atoms with Crippen molar-refractivity contribution in [3.8, 4) is 0 Å². The number of imidazole rings is 1. The maximum absolute atomic E-state index is 13.0. The molecular formula is C20H33N8O7P. The van der Waals surface area contributed by atoms with Crippen LogP contribution < -0.4 is 22.5 Å². The molecule has 0 spiro atoms. The molecule has 1 saturated heterocycles. The normalized spacial score (nSPS) is 22.0. The molecule has 15 nitrogen and oxygen atoms in total. The number of anilines is 2. The van der Waals surface area contributed by atoms with Gasteiger partial charge < -0.3 is 45.6 Å². The second-order valence-electron chi connectivity index (χ2n) is 8.97. The van der Waals surface area contributed by atoms with Gasteiger partial charge in [0.05, 0.1) is 38.2 Å². The van der Waals surface area contributed by atoms with Crippen LogP contribution in [0.2, 0.25) is 0 Å². The first-order valence-electron chi connectivity index (χ1n) is 11.4. The third-order valence-corrected chi connectivity index (χ3v) is 6.80. The maximum Gasteiger partial charge on any atom is 0.356 e. The minimum absolute atomic E-state index is 0.00690. The molecule has 0 aromatic carbocycles. The number of hydrogen-bond acceptors (Lipinski definition) is 13. The summed E-state index contributed by atoms with van der Waals surface area (Å²) in [5, 5.41) is 2.50. The summed E-state index contributed by atoms with van der Waals surface area (Å²) < 4.78 is 36.5. The molecule has 0 unspecified atom stereocenters. The van der Waals surface area contributed by atoms with Gasteiger partial charge in [-0.2, -0.15) is 9.97 Å². The van der Waals surface area contributed by atoms with Crippen LogP contribution in [-0.2, 0) is 39.2 Å². The number of carbonyl (C=O) groups is 2. The molecule has 2 aromatic rings. The van der Waals surface area contributed by atoms with Crippen molar-refractivity contribution in [3.63, 3.8) is 0 Å². The molecule has 3 heterocycles. The topological polar surface area (TPSA) is 222 Å². The molecule has 7 N–H and O–H groups in total. The zero-order chi connectivity index (χ0) is 26.6. The Morgan fingerprint density at radius 3 is 2.61 bits per heavy atom. The van der Waals surface area contributed by atoms with Gasteiger partial charge in [-0.1, -0.05) is 13.8 Å². The van der Waals surface area contributed by atoms with E-state index in [9.17, 15) is 14.2 Å². The largest absolute Gasteiger partial charge is 0.461 e. The summed E-state index contributed by atoms with van der Waals surface area (Å²) in [6.45, 7) is 6.61. The number of nitrogens with one attached hydrogen (secondary N) is 1. The van der Waals surface area contributed by atoms with Gasteiger partial charge in [0.25, 0.3) is 0 Å². The van der Waals surface area contributed by atoms with Crippen LogP contribution >= 0.6 is 7.60 Å². The Kier molecular flexibility index (Phi) is 8.84. The first kappa shape index (κ1) is 27.7. The summed E-state index contributed by atoms with van der Waals surface area (Å²) in [6, 6.07) is -2.08. The van der Waals surface area contributed by atoms with E-state index in [2.05, 4.69) is 20.3 Å². The van der Waals surface area contributed by atoms with Crippen LogP contribution in [0.4, 0.5) is 11.8 Å². The summed E-state index contributed by atoms with van der Waals surface area (Å²) in [7, 11) is -3.72. The summed E-state index contributed by atoms with van der Waals surface area (Å²) in [5.74, 6) is -1.31. The lowest BCUT2D eigenvalue weighted by atomic mass is 10.0. The molecule has 2 aromatic heterocycles. The number of nitrogens with two attached hydrogens (primary N) is 3. The van der Waals surface area contributed by atoms with E-state index in [4.69, 9.17) is 35.7 Å². The Bertz CT molecular complexity index is 1130. The first-order valence-corrected chi connectivity index (χ1v) is 13.1. The van der Waals surface area contributed by atoms with Crippen molar-refractivity contribution in [1.29, 1.82) is 0 Å². The quantitative estimate of drug-likeness (QED) is 0.236. The minimum atomic E-state index is -3.72. The summed E-state index contributed by atoms with van der Waals surface area (Å²) >= 11 is 0. The van der Waals surface area contributed by atoms with Crippen LogP contribution in [0.15, 0.2) is 6.33 Å². The molecule has 16 heteroatoms. The van der Waals surface area contributed by atoms with E-state index >= 15 is 0 Å². The van der Waals surface area contributed by atoms with Crippen LogP contribution in [-0.4, -0.2) is 75.2 Å². The highest BCUT2D eigenvalue weighted by molar-refractivity contribution is 7.53. The van der Waals surface area contributed by atoms with Crippen LogP contribution in [0.5, 0.6) is 0 Å². The summed E-state index contributed by atoms with van der Waals surface area (Å²) in [6.07, 6.45) is 0.209. The molecule has 1 amide bonds. The zero-order valence-electron chi connectivity index (χ0n) is 20.6. The number of fused-ring (bicyclic) bond motifs is 1. The van der Waals surface area contributed by atoms with Crippen LogP contribution in [0, 0.1) is 5.92 Å². The molecule has 4 atom stereocenters. The highest BCUT2D eigenvalue weighted by Gasteiger charge is 2.36. The molecule has 200 valence electrons. The van der Waals surface area contributed by atoms with E-state index < -0.39 is 50.4 Å². The number of nitrogens with zero attached hydrogens (tertiary/aromatic N) is 4. The Morgan fingerprint density at radius 1 is 1.28 bits per heavy atom. The fraction of sp³-hybridized carbons (Fsp3) is 0.650. The van der Waals surface area contributed by atoms with E-state index in [-0.39, 0.29) is 37.2 Å². The lowest BCUT2D eigenvalue weighted by molar-refractivity contribution is -0.152. The molecule has 0 bridgehead atoms. The average molecular weight is 529 g/mol. The van der Waals surface area contributed by atoms with Gasteiger partial charge in [-0.25, -0.2) is 9.78 Å². The lowest BCUT2D eigenvalue weighted by Crippen LogP contribution is -2.52. The van der Waals surface area contributed by atoms with E-state index in [1.165, 1.54) is 6.33 Å². The fourth-order valence-corrected chi connectivity index (χ4v) is 4.62. The fourth-order valence-electron chi connectivity index (χ4n) is 3.24. The number of nitrogen functional groups attached to an aromatic ring is 2. The predicted molar refractivity (Wildman–Crippen MR) is 129 cm³/mol. The molecule has 3 rings (SSSR count). The first-order chi connectivity index (χ1) is 16.9. The standard InChI is InChI=1S/C20H33N8O7P/c1-10(2)14(21)18(29)25-13(19(30)35-11(3)4)7-34-36(31)9-32-12(6-33-36)5-28-8-24-15-16(22)26-20(23)27-17(15)28/h8,10-14H,5-7,9,21H2,1-4H3,(H,25,29)(H4,22,23,26,27)/t12-,13+,14-,36-/m0/s1. The smallest absolute Gasteiger partial charge is 0.356 e. The summed E-state index contributed by atoms with van der Waals surface area (Å²) in [4.78, 5) is 37.1. The van der Waals surface area contributed by atoms with Gasteiger partial charge in [0.2, 0.25) is 11.9 Å². The number of amides is 1. The van der Waals surface area contributed by atoms with Crippen molar-refractivity contribution in [2.24, 2.45) is 11.7 Å². The number of hydrogen-bond donors (Lipinski definition) is 4. The molecule has 0 radical (unpaired) electrons. The lowest BCUT2D eigenvalue weighted by Gasteiger charge is -2.30. The average Bonchev–Trinajstić information content (AvgIpc) is 3.19. The summed E-state index contributed by atoms with van der Waals surface area (Å²) in [5.41, 5.74) is 18.2. The molecule has 0 saturated carbocycles. The third-order valence-electron chi connectivity index (χ3n) is 5.25. The van der Waals surface area contributed by atoms with Crippen LogP contribution in [0.3, 0.4) is 0 Å². The van der Waals surface area contributed by atoms with Crippen molar-refractivity contribution < 1.29 is 32.7 Å². The Balaban J connectivity index is 1.59. The number of carbonyl (C=O) groups excluding carboxylic acids is 2. The Hall–Kier alpha value is -2.84. The SMILES string of the molecule is CC(C)OC(=O)[C@@H](CO[P@]1(=O)CO[C@@H](Cn2cnc3c(N)nc(N)nc32)CO1)NC(=O)[C@@H](N)C(C)C. The number of aromatic nitrogens is 4. The molecule has 36 heavy (non-hydrogen) atoms. The molecular weight excluding hydrogens is 495 g/mol.